The lowest BCUT2D eigenvalue weighted by molar-refractivity contribution is -0.122. The van der Waals surface area contributed by atoms with Crippen molar-refractivity contribution >= 4 is 51.7 Å². The van der Waals surface area contributed by atoms with Crippen molar-refractivity contribution in [1.82, 2.24) is 14.3 Å². The number of thiocarbonyl (C=S) groups is 1. The number of carbonyl (C=O) groups is 1. The van der Waals surface area contributed by atoms with E-state index in [1.807, 2.05) is 19.1 Å². The van der Waals surface area contributed by atoms with Crippen LogP contribution < -0.4 is 10.5 Å². The second-order valence-electron chi connectivity index (χ2n) is 8.56. The first-order valence-corrected chi connectivity index (χ1v) is 12.2. The molecule has 0 saturated carbocycles. The molecule has 0 aromatic carbocycles. The molecule has 3 aromatic heterocycles. The monoisotopic (exact) mass is 480 g/mol. The molecular weight excluding hydrogens is 456 g/mol. The summed E-state index contributed by atoms with van der Waals surface area (Å²) in [5.41, 5.74) is 1.80. The number of rotatable bonds is 4. The molecule has 0 atom stereocenters. The summed E-state index contributed by atoms with van der Waals surface area (Å²) in [6.45, 7) is 6.12. The van der Waals surface area contributed by atoms with Gasteiger partial charge in [0.15, 0.2) is 0 Å². The van der Waals surface area contributed by atoms with Gasteiger partial charge in [-0.2, -0.15) is 0 Å². The molecule has 0 bridgehead atoms. The van der Waals surface area contributed by atoms with Crippen molar-refractivity contribution < 1.29 is 9.21 Å². The fourth-order valence-corrected chi connectivity index (χ4v) is 5.45. The Hall–Kier alpha value is -2.91. The quantitative estimate of drug-likeness (QED) is 0.409. The second kappa shape index (κ2) is 8.79. The van der Waals surface area contributed by atoms with E-state index in [0.717, 1.165) is 31.5 Å². The van der Waals surface area contributed by atoms with E-state index in [-0.39, 0.29) is 18.0 Å². The van der Waals surface area contributed by atoms with Crippen LogP contribution in [0.5, 0.6) is 0 Å². The van der Waals surface area contributed by atoms with Crippen molar-refractivity contribution in [1.29, 1.82) is 0 Å². The predicted molar refractivity (Wildman–Crippen MR) is 134 cm³/mol. The van der Waals surface area contributed by atoms with Crippen molar-refractivity contribution in [2.75, 3.05) is 18.0 Å². The molecule has 7 nitrogen and oxygen atoms in total. The molecule has 5 heterocycles. The van der Waals surface area contributed by atoms with Crippen LogP contribution in [0.25, 0.3) is 11.7 Å². The lowest BCUT2D eigenvalue weighted by atomic mass is 9.99. The summed E-state index contributed by atoms with van der Waals surface area (Å²) in [4.78, 5) is 35.8. The van der Waals surface area contributed by atoms with Crippen molar-refractivity contribution in [2.24, 2.45) is 5.92 Å². The van der Waals surface area contributed by atoms with Gasteiger partial charge < -0.3 is 9.32 Å². The first-order valence-electron chi connectivity index (χ1n) is 11.0. The van der Waals surface area contributed by atoms with Gasteiger partial charge in [-0.15, -0.1) is 0 Å². The first-order chi connectivity index (χ1) is 15.9. The highest BCUT2D eigenvalue weighted by molar-refractivity contribution is 8.26. The van der Waals surface area contributed by atoms with Crippen molar-refractivity contribution in [3.8, 4) is 0 Å². The zero-order chi connectivity index (χ0) is 23.1. The molecule has 2 fully saturated rings. The number of hydrogen-bond acceptors (Lipinski definition) is 7. The number of aromatic nitrogens is 2. The van der Waals surface area contributed by atoms with Crippen LogP contribution in [0.2, 0.25) is 0 Å². The third kappa shape index (κ3) is 4.11. The fourth-order valence-electron chi connectivity index (χ4n) is 4.21. The molecule has 5 rings (SSSR count). The van der Waals surface area contributed by atoms with Gasteiger partial charge in [-0.3, -0.25) is 18.9 Å². The Bertz CT molecular complexity index is 1320. The van der Waals surface area contributed by atoms with Gasteiger partial charge in [0.1, 0.15) is 21.5 Å². The van der Waals surface area contributed by atoms with E-state index in [1.54, 1.807) is 35.1 Å². The van der Waals surface area contributed by atoms with Crippen LogP contribution in [0.15, 0.2) is 50.8 Å². The van der Waals surface area contributed by atoms with Gasteiger partial charge in [0.25, 0.3) is 11.5 Å². The van der Waals surface area contributed by atoms with Gasteiger partial charge in [0.2, 0.25) is 0 Å². The van der Waals surface area contributed by atoms with E-state index in [0.29, 0.717) is 37.9 Å². The van der Waals surface area contributed by atoms with Crippen molar-refractivity contribution in [2.45, 2.75) is 33.2 Å². The molecule has 1 amide bonds. The van der Waals surface area contributed by atoms with E-state index in [2.05, 4.69) is 11.8 Å². The molecule has 33 heavy (non-hydrogen) atoms. The van der Waals surface area contributed by atoms with Crippen LogP contribution in [0.3, 0.4) is 0 Å². The number of hydrogen-bond donors (Lipinski definition) is 0. The van der Waals surface area contributed by atoms with Crippen LogP contribution in [0, 0.1) is 12.8 Å². The Morgan fingerprint density at radius 2 is 2.03 bits per heavy atom. The smallest absolute Gasteiger partial charge is 0.267 e. The highest BCUT2D eigenvalue weighted by Crippen LogP contribution is 2.35. The molecule has 0 N–H and O–H groups in total. The molecule has 0 spiro atoms. The number of amides is 1. The molecule has 0 unspecified atom stereocenters. The predicted octanol–water partition coefficient (Wildman–Crippen LogP) is 4.23. The minimum absolute atomic E-state index is 0.186. The van der Waals surface area contributed by atoms with Crippen LogP contribution >= 0.6 is 24.0 Å². The third-order valence-electron chi connectivity index (χ3n) is 6.19. The van der Waals surface area contributed by atoms with E-state index in [4.69, 9.17) is 21.6 Å². The van der Waals surface area contributed by atoms with Crippen LogP contribution in [0.1, 0.15) is 36.7 Å². The summed E-state index contributed by atoms with van der Waals surface area (Å²) in [5, 5.41) is 0. The number of nitrogens with zero attached hydrogens (tertiary/aromatic N) is 4. The maximum absolute atomic E-state index is 13.6. The molecule has 2 aliphatic heterocycles. The Morgan fingerprint density at radius 3 is 2.76 bits per heavy atom. The zero-order valence-electron chi connectivity index (χ0n) is 18.5. The van der Waals surface area contributed by atoms with Crippen molar-refractivity contribution in [3.05, 3.63) is 68.9 Å². The van der Waals surface area contributed by atoms with Crippen LogP contribution in [-0.4, -0.2) is 37.6 Å². The Kier molecular flexibility index (Phi) is 5.84. The SMILES string of the molecule is Cc1cccn2c(=O)c(/C=C3/SC(=S)N(Cc4ccco4)C3=O)c(N3CCC(C)CC3)nc12. The van der Waals surface area contributed by atoms with Gasteiger partial charge in [-0.05, 0) is 55.5 Å². The average Bonchev–Trinajstić information content (AvgIpc) is 3.41. The number of anilines is 1. The minimum atomic E-state index is -0.228. The maximum Gasteiger partial charge on any atom is 0.267 e. The van der Waals surface area contributed by atoms with E-state index in [1.165, 1.54) is 16.7 Å². The molecule has 2 saturated heterocycles. The standard InChI is InChI=1S/C24H24N4O3S2/c1-15-7-10-26(11-8-15)21-18(22(29)27-9-3-5-16(2)20(27)25-21)13-19-23(30)28(24(32)33-19)14-17-6-4-12-31-17/h3-6,9,12-13,15H,7-8,10-11,14H2,1-2H3/b19-13+. The lowest BCUT2D eigenvalue weighted by Gasteiger charge is -2.32. The number of furan rings is 1. The van der Waals surface area contributed by atoms with Crippen LogP contribution in [0.4, 0.5) is 5.82 Å². The molecule has 0 radical (unpaired) electrons. The molecular formula is C24H24N4O3S2. The summed E-state index contributed by atoms with van der Waals surface area (Å²) in [7, 11) is 0. The number of carbonyl (C=O) groups excluding carboxylic acids is 1. The minimum Gasteiger partial charge on any atom is -0.467 e. The molecule has 9 heteroatoms. The zero-order valence-corrected chi connectivity index (χ0v) is 20.1. The normalized spacial score (nSPS) is 18.8. The summed E-state index contributed by atoms with van der Waals surface area (Å²) < 4.78 is 7.38. The number of pyridine rings is 1. The van der Waals surface area contributed by atoms with Crippen LogP contribution in [-0.2, 0) is 11.3 Å². The van der Waals surface area contributed by atoms with Gasteiger partial charge in [0, 0.05) is 19.3 Å². The summed E-state index contributed by atoms with van der Waals surface area (Å²) in [6.07, 6.45) is 7.04. The Morgan fingerprint density at radius 1 is 1.24 bits per heavy atom. The molecule has 0 aliphatic carbocycles. The van der Waals surface area contributed by atoms with E-state index >= 15 is 0 Å². The number of thioether (sulfide) groups is 1. The first kappa shape index (κ1) is 21.9. The fraction of sp³-hybridized carbons (Fsp3) is 0.333. The lowest BCUT2D eigenvalue weighted by Crippen LogP contribution is -2.36. The van der Waals surface area contributed by atoms with Gasteiger partial charge in [-0.25, -0.2) is 4.98 Å². The molecule has 3 aromatic rings. The second-order valence-corrected chi connectivity index (χ2v) is 10.2. The topological polar surface area (TPSA) is 71.1 Å². The van der Waals surface area contributed by atoms with E-state index < -0.39 is 0 Å². The average molecular weight is 481 g/mol. The van der Waals surface area contributed by atoms with Gasteiger partial charge in [0.05, 0.1) is 23.3 Å². The summed E-state index contributed by atoms with van der Waals surface area (Å²) >= 11 is 6.66. The van der Waals surface area contributed by atoms with Gasteiger partial charge in [-0.1, -0.05) is 37.0 Å². The highest BCUT2D eigenvalue weighted by Gasteiger charge is 2.33. The third-order valence-corrected chi connectivity index (χ3v) is 7.57. The largest absolute Gasteiger partial charge is 0.467 e. The molecule has 2 aliphatic rings. The highest BCUT2D eigenvalue weighted by atomic mass is 32.2. The number of aryl methyl sites for hydroxylation is 1. The van der Waals surface area contributed by atoms with Gasteiger partial charge >= 0.3 is 0 Å². The number of fused-ring (bicyclic) bond motifs is 1. The number of piperidine rings is 1. The van der Waals surface area contributed by atoms with E-state index in [9.17, 15) is 9.59 Å². The maximum atomic E-state index is 13.6. The Labute approximate surface area is 201 Å². The summed E-state index contributed by atoms with van der Waals surface area (Å²) in [5.74, 6) is 1.70. The Balaban J connectivity index is 1.59. The summed E-state index contributed by atoms with van der Waals surface area (Å²) in [6, 6.07) is 7.36. The van der Waals surface area contributed by atoms with Crippen molar-refractivity contribution in [3.63, 3.8) is 0 Å². The molecule has 170 valence electrons.